The van der Waals surface area contributed by atoms with Gasteiger partial charge in [-0.25, -0.2) is 4.98 Å². The van der Waals surface area contributed by atoms with Crippen LogP contribution in [-0.4, -0.2) is 32.3 Å². The molecule has 1 heterocycles. The Morgan fingerprint density at radius 1 is 1.24 bits per heavy atom. The maximum atomic E-state index is 12.5. The fourth-order valence-corrected chi connectivity index (χ4v) is 2.38. The van der Waals surface area contributed by atoms with Crippen LogP contribution in [0.1, 0.15) is 0 Å². The third-order valence-corrected chi connectivity index (χ3v) is 3.61. The lowest BCUT2D eigenvalue weighted by molar-refractivity contribution is -0.384. The van der Waals surface area contributed by atoms with Crippen LogP contribution < -0.4 is 10.3 Å². The van der Waals surface area contributed by atoms with Gasteiger partial charge in [0.25, 0.3) is 11.2 Å². The highest BCUT2D eigenvalue weighted by molar-refractivity contribution is 5.79. The van der Waals surface area contributed by atoms with Gasteiger partial charge in [-0.1, -0.05) is 18.2 Å². The zero-order valence-corrected chi connectivity index (χ0v) is 13.1. The van der Waals surface area contributed by atoms with E-state index in [1.165, 1.54) is 29.1 Å². The summed E-state index contributed by atoms with van der Waals surface area (Å²) in [5.74, 6) is 0.612. The molecule has 25 heavy (non-hydrogen) atoms. The first kappa shape index (κ1) is 16.6. The van der Waals surface area contributed by atoms with Crippen LogP contribution >= 0.6 is 0 Å². The molecule has 1 aromatic heterocycles. The van der Waals surface area contributed by atoms with Gasteiger partial charge in [0.05, 0.1) is 28.7 Å². The smallest absolute Gasteiger partial charge is 0.270 e. The van der Waals surface area contributed by atoms with Gasteiger partial charge in [0, 0.05) is 12.1 Å². The van der Waals surface area contributed by atoms with Crippen molar-refractivity contribution < 1.29 is 14.8 Å². The molecular weight excluding hydrogens is 326 g/mol. The number of aliphatic hydroxyl groups is 1. The number of fused-ring (bicyclic) bond motifs is 1. The molecule has 0 saturated carbocycles. The maximum Gasteiger partial charge on any atom is 0.270 e. The summed E-state index contributed by atoms with van der Waals surface area (Å²) in [5.41, 5.74) is -0.272. The largest absolute Gasteiger partial charge is 0.491 e. The average molecular weight is 341 g/mol. The summed E-state index contributed by atoms with van der Waals surface area (Å²) < 4.78 is 6.66. The van der Waals surface area contributed by atoms with E-state index < -0.39 is 16.6 Å². The summed E-state index contributed by atoms with van der Waals surface area (Å²) in [6, 6.07) is 12.9. The molecule has 3 aromatic rings. The number of para-hydroxylation sites is 1. The van der Waals surface area contributed by atoms with Crippen molar-refractivity contribution in [3.8, 4) is 5.75 Å². The van der Waals surface area contributed by atoms with E-state index in [0.29, 0.717) is 11.3 Å². The fourth-order valence-electron chi connectivity index (χ4n) is 2.38. The molecular formula is C17H15N3O5. The van der Waals surface area contributed by atoms with Crippen molar-refractivity contribution in [1.29, 1.82) is 0 Å². The zero-order chi connectivity index (χ0) is 17.8. The molecule has 0 aliphatic heterocycles. The number of nitrogens with zero attached hydrogens (tertiary/aromatic N) is 3. The number of ether oxygens (including phenoxy) is 1. The highest BCUT2D eigenvalue weighted by atomic mass is 16.6. The molecule has 2 aromatic carbocycles. The number of hydrogen-bond donors (Lipinski definition) is 1. The maximum absolute atomic E-state index is 12.5. The molecule has 8 heteroatoms. The SMILES string of the molecule is O=c1c2cc([N+](=O)[O-])ccc2ncn1C[C@@H](O)COc1ccccc1. The standard InChI is InChI=1S/C17H15N3O5/c21-13(10-25-14-4-2-1-3-5-14)9-19-11-18-16-7-6-12(20(23)24)8-15(16)17(19)22/h1-8,11,13,21H,9-10H2/t13-/m1/s1. The Labute approximate surface area is 142 Å². The molecule has 0 aliphatic rings. The Hall–Kier alpha value is -3.26. The van der Waals surface area contributed by atoms with Gasteiger partial charge < -0.3 is 9.84 Å². The minimum atomic E-state index is -0.934. The minimum absolute atomic E-state index is 0.00340. The van der Waals surface area contributed by atoms with E-state index in [-0.39, 0.29) is 24.2 Å². The first-order valence-corrected chi connectivity index (χ1v) is 7.54. The van der Waals surface area contributed by atoms with E-state index in [1.807, 2.05) is 18.2 Å². The number of rotatable bonds is 6. The molecule has 0 saturated heterocycles. The van der Waals surface area contributed by atoms with Gasteiger partial charge in [-0.05, 0) is 18.2 Å². The summed E-state index contributed by atoms with van der Waals surface area (Å²) in [5, 5.41) is 21.1. The molecule has 1 N–H and O–H groups in total. The Balaban J connectivity index is 1.77. The molecule has 0 aliphatic carbocycles. The highest BCUT2D eigenvalue weighted by Crippen LogP contribution is 2.16. The molecule has 0 radical (unpaired) electrons. The topological polar surface area (TPSA) is 107 Å². The van der Waals surface area contributed by atoms with Gasteiger partial charge in [-0.15, -0.1) is 0 Å². The number of aliphatic hydroxyl groups excluding tert-OH is 1. The van der Waals surface area contributed by atoms with Crippen molar-refractivity contribution in [3.05, 3.63) is 75.3 Å². The van der Waals surface area contributed by atoms with Crippen molar-refractivity contribution in [2.75, 3.05) is 6.61 Å². The molecule has 8 nitrogen and oxygen atoms in total. The Morgan fingerprint density at radius 2 is 2.00 bits per heavy atom. The predicted octanol–water partition coefficient (Wildman–Crippen LogP) is 1.74. The minimum Gasteiger partial charge on any atom is -0.491 e. The molecule has 0 spiro atoms. The molecule has 3 rings (SSSR count). The van der Waals surface area contributed by atoms with E-state index in [4.69, 9.17) is 4.74 Å². The average Bonchev–Trinajstić information content (AvgIpc) is 2.63. The molecule has 0 unspecified atom stereocenters. The Kier molecular flexibility index (Phi) is 4.71. The number of non-ortho nitro benzene ring substituents is 1. The molecule has 1 atom stereocenters. The van der Waals surface area contributed by atoms with Gasteiger partial charge >= 0.3 is 0 Å². The van der Waals surface area contributed by atoms with Crippen LogP contribution in [0.3, 0.4) is 0 Å². The van der Waals surface area contributed by atoms with E-state index >= 15 is 0 Å². The number of hydrogen-bond acceptors (Lipinski definition) is 6. The first-order valence-electron chi connectivity index (χ1n) is 7.54. The number of benzene rings is 2. The van der Waals surface area contributed by atoms with E-state index in [9.17, 15) is 20.0 Å². The second-order valence-electron chi connectivity index (χ2n) is 5.44. The lowest BCUT2D eigenvalue weighted by Gasteiger charge is -2.14. The van der Waals surface area contributed by atoms with Crippen LogP contribution in [-0.2, 0) is 6.54 Å². The summed E-state index contributed by atoms with van der Waals surface area (Å²) >= 11 is 0. The quantitative estimate of drug-likeness (QED) is 0.540. The zero-order valence-electron chi connectivity index (χ0n) is 13.1. The first-order chi connectivity index (χ1) is 12.0. The Morgan fingerprint density at radius 3 is 2.72 bits per heavy atom. The van der Waals surface area contributed by atoms with Crippen molar-refractivity contribution in [1.82, 2.24) is 9.55 Å². The predicted molar refractivity (Wildman–Crippen MR) is 90.6 cm³/mol. The van der Waals surface area contributed by atoms with Crippen molar-refractivity contribution in [3.63, 3.8) is 0 Å². The molecule has 0 fully saturated rings. The van der Waals surface area contributed by atoms with Crippen LogP contribution in [0.5, 0.6) is 5.75 Å². The summed E-state index contributed by atoms with van der Waals surface area (Å²) in [7, 11) is 0. The summed E-state index contributed by atoms with van der Waals surface area (Å²) in [4.78, 5) is 26.9. The second kappa shape index (κ2) is 7.10. The van der Waals surface area contributed by atoms with Crippen molar-refractivity contribution in [2.24, 2.45) is 0 Å². The molecule has 128 valence electrons. The van der Waals surface area contributed by atoms with Crippen LogP contribution in [0, 0.1) is 10.1 Å². The van der Waals surface area contributed by atoms with Gasteiger partial charge in [0.2, 0.25) is 0 Å². The third kappa shape index (κ3) is 3.81. The normalized spacial score (nSPS) is 12.0. The number of aromatic nitrogens is 2. The van der Waals surface area contributed by atoms with E-state index in [0.717, 1.165) is 0 Å². The van der Waals surface area contributed by atoms with Crippen LogP contribution in [0.25, 0.3) is 10.9 Å². The molecule has 0 bridgehead atoms. The molecule has 0 amide bonds. The van der Waals surface area contributed by atoms with Crippen LogP contribution in [0.2, 0.25) is 0 Å². The lowest BCUT2D eigenvalue weighted by Crippen LogP contribution is -2.30. The van der Waals surface area contributed by atoms with Crippen LogP contribution in [0.4, 0.5) is 5.69 Å². The Bertz CT molecular complexity index is 955. The van der Waals surface area contributed by atoms with Gasteiger partial charge in [0.15, 0.2) is 0 Å². The van der Waals surface area contributed by atoms with Gasteiger partial charge in [0.1, 0.15) is 18.5 Å². The van der Waals surface area contributed by atoms with Gasteiger partial charge in [-0.2, -0.15) is 0 Å². The lowest BCUT2D eigenvalue weighted by atomic mass is 10.2. The fraction of sp³-hybridized carbons (Fsp3) is 0.176. The summed E-state index contributed by atoms with van der Waals surface area (Å²) in [6.45, 7) is -0.0271. The number of nitro groups is 1. The van der Waals surface area contributed by atoms with E-state index in [2.05, 4.69) is 4.98 Å². The van der Waals surface area contributed by atoms with E-state index in [1.54, 1.807) is 12.1 Å². The van der Waals surface area contributed by atoms with Crippen LogP contribution in [0.15, 0.2) is 59.7 Å². The van der Waals surface area contributed by atoms with Crippen molar-refractivity contribution in [2.45, 2.75) is 12.6 Å². The second-order valence-corrected chi connectivity index (χ2v) is 5.44. The number of nitro benzene ring substituents is 1. The van der Waals surface area contributed by atoms with Crippen molar-refractivity contribution >= 4 is 16.6 Å². The highest BCUT2D eigenvalue weighted by Gasteiger charge is 2.13. The van der Waals surface area contributed by atoms with Gasteiger partial charge in [-0.3, -0.25) is 19.5 Å². The summed E-state index contributed by atoms with van der Waals surface area (Å²) in [6.07, 6.45) is 0.373. The monoisotopic (exact) mass is 341 g/mol. The third-order valence-electron chi connectivity index (χ3n) is 3.61.